The molecule has 0 atom stereocenters. The highest BCUT2D eigenvalue weighted by Crippen LogP contribution is 2.33. The molecule has 7 heteroatoms. The van der Waals surface area contributed by atoms with E-state index in [2.05, 4.69) is 4.74 Å². The molecule has 1 aromatic heterocycles. The van der Waals surface area contributed by atoms with Gasteiger partial charge in [-0.05, 0) is 24.3 Å². The van der Waals surface area contributed by atoms with Crippen molar-refractivity contribution >= 4 is 0 Å². The molecule has 0 saturated carbocycles. The van der Waals surface area contributed by atoms with Gasteiger partial charge in [0.2, 0.25) is 0 Å². The van der Waals surface area contributed by atoms with Crippen LogP contribution in [0, 0.1) is 11.0 Å². The molecule has 0 spiro atoms. The smallest absolute Gasteiger partial charge is 0.573 e. The number of aromatic nitrogens is 1. The fraction of sp³-hybridized carbons (Fsp3) is 0.0833. The quantitative estimate of drug-likeness (QED) is 0.479. The van der Waals surface area contributed by atoms with E-state index in [9.17, 15) is 22.8 Å². The van der Waals surface area contributed by atoms with E-state index < -0.39 is 17.9 Å². The topological polar surface area (TPSA) is 36.2 Å². The maximum absolute atomic E-state index is 13.1. The number of pyridine rings is 1. The molecule has 3 nitrogen and oxygen atoms in total. The maximum atomic E-state index is 13.1. The van der Waals surface area contributed by atoms with Crippen LogP contribution in [0.1, 0.15) is 0 Å². The molecule has 100 valence electrons. The Kier molecular flexibility index (Phi) is 3.28. The normalized spacial score (nSPS) is 11.4. The number of hydrogen-bond donors (Lipinski definition) is 0. The van der Waals surface area contributed by atoms with Gasteiger partial charge in [-0.3, -0.25) is 0 Å². The zero-order valence-electron chi connectivity index (χ0n) is 9.32. The summed E-state index contributed by atoms with van der Waals surface area (Å²) in [5.74, 6) is -1.30. The van der Waals surface area contributed by atoms with Crippen LogP contribution in [0.4, 0.5) is 17.6 Å². The number of hydrogen-bond acceptors (Lipinski definition) is 2. The summed E-state index contributed by atoms with van der Waals surface area (Å²) in [5, 5.41) is 11.1. The monoisotopic (exact) mass is 273 g/mol. The van der Waals surface area contributed by atoms with Gasteiger partial charge >= 0.3 is 6.36 Å². The Morgan fingerprint density at radius 2 is 1.89 bits per heavy atom. The summed E-state index contributed by atoms with van der Waals surface area (Å²) < 4.78 is 54.1. The first-order valence-corrected chi connectivity index (χ1v) is 5.10. The average Bonchev–Trinajstić information content (AvgIpc) is 2.30. The summed E-state index contributed by atoms with van der Waals surface area (Å²) in [6.07, 6.45) is -2.71. The minimum atomic E-state index is -4.89. The van der Waals surface area contributed by atoms with E-state index in [1.54, 1.807) is 0 Å². The Morgan fingerprint density at radius 3 is 2.53 bits per heavy atom. The second-order valence-corrected chi connectivity index (χ2v) is 3.64. The number of rotatable bonds is 2. The number of benzene rings is 1. The average molecular weight is 273 g/mol. The number of alkyl halides is 3. The predicted octanol–water partition coefficient (Wildman–Crippen LogP) is 3.02. The van der Waals surface area contributed by atoms with Crippen molar-refractivity contribution in [1.82, 2.24) is 0 Å². The molecule has 0 fully saturated rings. The SMILES string of the molecule is [O-][n+]1cccc(-c2cc(F)ccc2OC(F)(F)F)c1. The van der Waals surface area contributed by atoms with Gasteiger partial charge in [-0.1, -0.05) is 0 Å². The van der Waals surface area contributed by atoms with Crippen LogP contribution in [0.3, 0.4) is 0 Å². The van der Waals surface area contributed by atoms with Gasteiger partial charge in [0.1, 0.15) is 11.6 Å². The molecule has 0 saturated heterocycles. The van der Waals surface area contributed by atoms with E-state index in [-0.39, 0.29) is 11.1 Å². The van der Waals surface area contributed by atoms with Crippen molar-refractivity contribution < 1.29 is 27.0 Å². The van der Waals surface area contributed by atoms with Gasteiger partial charge in [-0.15, -0.1) is 13.2 Å². The van der Waals surface area contributed by atoms with E-state index in [1.165, 1.54) is 12.1 Å². The molecular weight excluding hydrogens is 266 g/mol. The van der Waals surface area contributed by atoms with Crippen LogP contribution in [0.25, 0.3) is 11.1 Å². The predicted molar refractivity (Wildman–Crippen MR) is 57.5 cm³/mol. The van der Waals surface area contributed by atoms with E-state index in [1.807, 2.05) is 0 Å². The molecule has 0 aliphatic carbocycles. The second kappa shape index (κ2) is 4.75. The molecule has 1 heterocycles. The summed E-state index contributed by atoms with van der Waals surface area (Å²) in [4.78, 5) is 0. The van der Waals surface area contributed by atoms with Crippen molar-refractivity contribution in [3.8, 4) is 16.9 Å². The van der Waals surface area contributed by atoms with Gasteiger partial charge < -0.3 is 9.94 Å². The van der Waals surface area contributed by atoms with Crippen molar-refractivity contribution in [2.24, 2.45) is 0 Å². The van der Waals surface area contributed by atoms with E-state index in [0.29, 0.717) is 4.73 Å². The molecule has 0 amide bonds. The molecule has 1 aromatic carbocycles. The zero-order valence-corrected chi connectivity index (χ0v) is 9.32. The third-order valence-corrected chi connectivity index (χ3v) is 2.25. The number of ether oxygens (including phenoxy) is 1. The molecule has 2 rings (SSSR count). The van der Waals surface area contributed by atoms with Gasteiger partial charge in [0.25, 0.3) is 0 Å². The third-order valence-electron chi connectivity index (χ3n) is 2.25. The lowest BCUT2D eigenvalue weighted by Crippen LogP contribution is -2.24. The van der Waals surface area contributed by atoms with Crippen LogP contribution in [0.2, 0.25) is 0 Å². The Labute approximate surface area is 105 Å². The summed E-state index contributed by atoms with van der Waals surface area (Å²) in [6.45, 7) is 0. The number of nitrogens with zero attached hydrogens (tertiary/aromatic N) is 1. The Bertz CT molecular complexity index is 599. The lowest BCUT2D eigenvalue weighted by Gasteiger charge is -2.13. The highest BCUT2D eigenvalue weighted by molar-refractivity contribution is 5.69. The summed E-state index contributed by atoms with van der Waals surface area (Å²) in [5.41, 5.74) is -0.0289. The van der Waals surface area contributed by atoms with E-state index >= 15 is 0 Å². The van der Waals surface area contributed by atoms with Crippen LogP contribution in [-0.2, 0) is 0 Å². The van der Waals surface area contributed by atoms with Crippen molar-refractivity contribution in [1.29, 1.82) is 0 Å². The van der Waals surface area contributed by atoms with Crippen molar-refractivity contribution in [2.45, 2.75) is 6.36 Å². The first-order valence-electron chi connectivity index (χ1n) is 5.10. The molecule has 0 unspecified atom stereocenters. The van der Waals surface area contributed by atoms with Crippen LogP contribution in [0.5, 0.6) is 5.75 Å². The van der Waals surface area contributed by atoms with E-state index in [4.69, 9.17) is 0 Å². The summed E-state index contributed by atoms with van der Waals surface area (Å²) in [7, 11) is 0. The summed E-state index contributed by atoms with van der Waals surface area (Å²) in [6, 6.07) is 5.30. The third kappa shape index (κ3) is 3.34. The van der Waals surface area contributed by atoms with Crippen LogP contribution in [-0.4, -0.2) is 6.36 Å². The number of halogens is 4. The van der Waals surface area contributed by atoms with Crippen LogP contribution < -0.4 is 9.47 Å². The Hall–Kier alpha value is -2.31. The van der Waals surface area contributed by atoms with E-state index in [0.717, 1.165) is 30.6 Å². The molecule has 0 bridgehead atoms. The lowest BCUT2D eigenvalue weighted by molar-refractivity contribution is -0.604. The highest BCUT2D eigenvalue weighted by Gasteiger charge is 2.32. The molecule has 19 heavy (non-hydrogen) atoms. The van der Waals surface area contributed by atoms with Gasteiger partial charge in [-0.2, -0.15) is 4.73 Å². The van der Waals surface area contributed by atoms with Gasteiger partial charge in [0.05, 0.1) is 5.56 Å². The zero-order chi connectivity index (χ0) is 14.0. The first kappa shape index (κ1) is 13.1. The van der Waals surface area contributed by atoms with Gasteiger partial charge in [0.15, 0.2) is 12.4 Å². The molecule has 0 N–H and O–H groups in total. The second-order valence-electron chi connectivity index (χ2n) is 3.64. The Balaban J connectivity index is 2.51. The van der Waals surface area contributed by atoms with Crippen molar-refractivity contribution in [3.05, 3.63) is 53.7 Å². The first-order chi connectivity index (χ1) is 8.85. The van der Waals surface area contributed by atoms with Gasteiger partial charge in [0, 0.05) is 11.6 Å². The van der Waals surface area contributed by atoms with Gasteiger partial charge in [-0.25, -0.2) is 4.39 Å². The van der Waals surface area contributed by atoms with Crippen LogP contribution >= 0.6 is 0 Å². The molecule has 0 aliphatic heterocycles. The van der Waals surface area contributed by atoms with Crippen LogP contribution in [0.15, 0.2) is 42.7 Å². The van der Waals surface area contributed by atoms with Crippen molar-refractivity contribution in [2.75, 3.05) is 0 Å². The van der Waals surface area contributed by atoms with Crippen molar-refractivity contribution in [3.63, 3.8) is 0 Å². The minimum Gasteiger partial charge on any atom is -0.619 e. The maximum Gasteiger partial charge on any atom is 0.573 e. The molecular formula is C12H7F4NO2. The standard InChI is InChI=1S/C12H7F4NO2/c13-9-3-4-11(19-12(14,15)16)10(6-9)8-2-1-5-17(18)7-8/h1-7H. The molecule has 0 aliphatic rings. The Morgan fingerprint density at radius 1 is 1.16 bits per heavy atom. The fourth-order valence-corrected chi connectivity index (χ4v) is 1.56. The lowest BCUT2D eigenvalue weighted by atomic mass is 10.1. The molecule has 0 radical (unpaired) electrons. The highest BCUT2D eigenvalue weighted by atomic mass is 19.4. The largest absolute Gasteiger partial charge is 0.619 e. The minimum absolute atomic E-state index is 0.122. The summed E-state index contributed by atoms with van der Waals surface area (Å²) >= 11 is 0. The molecule has 2 aromatic rings. The fourth-order valence-electron chi connectivity index (χ4n) is 1.56.